The molecule has 0 aliphatic heterocycles. The highest BCUT2D eigenvalue weighted by Gasteiger charge is 2.16. The number of aromatic nitrogens is 2. The van der Waals surface area contributed by atoms with Gasteiger partial charge in [0.05, 0.1) is 22.0 Å². The van der Waals surface area contributed by atoms with E-state index in [1.54, 1.807) is 0 Å². The third kappa shape index (κ3) is 2.94. The van der Waals surface area contributed by atoms with Crippen molar-refractivity contribution in [3.05, 3.63) is 39.4 Å². The van der Waals surface area contributed by atoms with Gasteiger partial charge in [-0.1, -0.05) is 23.0 Å². The molecule has 2 rings (SSSR count). The van der Waals surface area contributed by atoms with Gasteiger partial charge in [-0.2, -0.15) is 0 Å². The van der Waals surface area contributed by atoms with Crippen molar-refractivity contribution in [2.24, 2.45) is 0 Å². The molecule has 2 N–H and O–H groups in total. The standard InChI is InChI=1S/C12H10ClN3O3S/c1-2-8-10(20-16-15-8)11(17)14-9-4-3-6(12(18)19)5-7(9)13/h3-5H,2H2,1H3,(H,14,17)(H,18,19). The fourth-order valence-corrected chi connectivity index (χ4v) is 2.41. The maximum Gasteiger partial charge on any atom is 0.335 e. The minimum Gasteiger partial charge on any atom is -0.478 e. The van der Waals surface area contributed by atoms with Crippen LogP contribution in [0.4, 0.5) is 5.69 Å². The molecule has 0 radical (unpaired) electrons. The first-order valence-electron chi connectivity index (χ1n) is 5.68. The largest absolute Gasteiger partial charge is 0.478 e. The number of nitrogens with one attached hydrogen (secondary N) is 1. The number of anilines is 1. The Bertz CT molecular complexity index is 672. The van der Waals surface area contributed by atoms with Crippen molar-refractivity contribution in [2.75, 3.05) is 5.32 Å². The summed E-state index contributed by atoms with van der Waals surface area (Å²) in [6.07, 6.45) is 0.602. The van der Waals surface area contributed by atoms with Crippen LogP contribution >= 0.6 is 23.1 Å². The van der Waals surface area contributed by atoms with Crippen LogP contribution in [0.1, 0.15) is 32.6 Å². The Balaban J connectivity index is 2.22. The highest BCUT2D eigenvalue weighted by molar-refractivity contribution is 7.08. The van der Waals surface area contributed by atoms with E-state index in [9.17, 15) is 9.59 Å². The molecule has 6 nitrogen and oxygen atoms in total. The molecule has 0 saturated heterocycles. The van der Waals surface area contributed by atoms with Gasteiger partial charge in [-0.05, 0) is 36.2 Å². The Labute approximate surface area is 123 Å². The lowest BCUT2D eigenvalue weighted by Gasteiger charge is -2.07. The van der Waals surface area contributed by atoms with E-state index in [1.807, 2.05) is 6.92 Å². The number of carboxylic acid groups (broad SMARTS) is 1. The molecule has 1 heterocycles. The highest BCUT2D eigenvalue weighted by atomic mass is 35.5. The number of benzene rings is 1. The van der Waals surface area contributed by atoms with E-state index < -0.39 is 5.97 Å². The minimum atomic E-state index is -1.08. The molecule has 0 atom stereocenters. The third-order valence-corrected chi connectivity index (χ3v) is 3.64. The molecule has 2 aromatic rings. The van der Waals surface area contributed by atoms with Crippen molar-refractivity contribution >= 4 is 40.7 Å². The Hall–Kier alpha value is -1.99. The number of rotatable bonds is 4. The summed E-state index contributed by atoms with van der Waals surface area (Å²) in [5.74, 6) is -1.44. The fourth-order valence-electron chi connectivity index (χ4n) is 1.54. The van der Waals surface area contributed by atoms with Gasteiger partial charge in [0.1, 0.15) is 4.88 Å². The van der Waals surface area contributed by atoms with Gasteiger partial charge < -0.3 is 10.4 Å². The molecule has 0 fully saturated rings. The van der Waals surface area contributed by atoms with Crippen LogP contribution in [-0.2, 0) is 6.42 Å². The Kier molecular flexibility index (Phi) is 4.31. The van der Waals surface area contributed by atoms with Crippen molar-refractivity contribution in [2.45, 2.75) is 13.3 Å². The molecule has 104 valence electrons. The molecule has 1 amide bonds. The second kappa shape index (κ2) is 5.98. The average Bonchev–Trinajstić information content (AvgIpc) is 2.89. The van der Waals surface area contributed by atoms with Gasteiger partial charge >= 0.3 is 5.97 Å². The molecule has 1 aromatic heterocycles. The summed E-state index contributed by atoms with van der Waals surface area (Å²) >= 11 is 6.95. The summed E-state index contributed by atoms with van der Waals surface area (Å²) in [5, 5.41) is 15.5. The quantitative estimate of drug-likeness (QED) is 0.905. The molecule has 0 aliphatic carbocycles. The van der Waals surface area contributed by atoms with E-state index in [0.29, 0.717) is 22.7 Å². The molecule has 8 heteroatoms. The summed E-state index contributed by atoms with van der Waals surface area (Å²) in [6, 6.07) is 4.10. The van der Waals surface area contributed by atoms with Crippen molar-refractivity contribution < 1.29 is 14.7 Å². The van der Waals surface area contributed by atoms with Gasteiger partial charge in [0.15, 0.2) is 0 Å². The van der Waals surface area contributed by atoms with Crippen LogP contribution in [0.3, 0.4) is 0 Å². The van der Waals surface area contributed by atoms with E-state index in [-0.39, 0.29) is 16.5 Å². The van der Waals surface area contributed by atoms with Crippen molar-refractivity contribution in [3.8, 4) is 0 Å². The molecule has 0 saturated carbocycles. The van der Waals surface area contributed by atoms with Gasteiger partial charge in [0.2, 0.25) is 0 Å². The van der Waals surface area contributed by atoms with E-state index in [2.05, 4.69) is 14.9 Å². The molecule has 1 aromatic carbocycles. The van der Waals surface area contributed by atoms with Crippen LogP contribution in [0.15, 0.2) is 18.2 Å². The van der Waals surface area contributed by atoms with Gasteiger partial charge in [0.25, 0.3) is 5.91 Å². The Morgan fingerprint density at radius 1 is 1.45 bits per heavy atom. The molecular formula is C12H10ClN3O3S. The lowest BCUT2D eigenvalue weighted by atomic mass is 10.2. The van der Waals surface area contributed by atoms with Gasteiger partial charge in [-0.25, -0.2) is 4.79 Å². The van der Waals surface area contributed by atoms with Crippen molar-refractivity contribution in [1.82, 2.24) is 9.59 Å². The van der Waals surface area contributed by atoms with E-state index in [0.717, 1.165) is 11.5 Å². The maximum absolute atomic E-state index is 12.1. The Morgan fingerprint density at radius 3 is 2.80 bits per heavy atom. The fraction of sp³-hybridized carbons (Fsp3) is 0.167. The number of aromatic carboxylic acids is 1. The van der Waals surface area contributed by atoms with Crippen molar-refractivity contribution in [3.63, 3.8) is 0 Å². The van der Waals surface area contributed by atoms with E-state index in [1.165, 1.54) is 18.2 Å². The van der Waals surface area contributed by atoms with Crippen LogP contribution in [0.5, 0.6) is 0 Å². The number of amides is 1. The second-order valence-corrected chi connectivity index (χ2v) is 5.02. The number of hydrogen-bond acceptors (Lipinski definition) is 5. The summed E-state index contributed by atoms with van der Waals surface area (Å²) in [6.45, 7) is 1.88. The van der Waals surface area contributed by atoms with Crippen LogP contribution in [0.2, 0.25) is 5.02 Å². The van der Waals surface area contributed by atoms with Gasteiger partial charge in [-0.3, -0.25) is 4.79 Å². The third-order valence-electron chi connectivity index (χ3n) is 2.56. The maximum atomic E-state index is 12.1. The summed E-state index contributed by atoms with van der Waals surface area (Å²) in [4.78, 5) is 23.3. The minimum absolute atomic E-state index is 0.0571. The number of carbonyl (C=O) groups is 2. The lowest BCUT2D eigenvalue weighted by molar-refractivity contribution is 0.0696. The van der Waals surface area contributed by atoms with Crippen LogP contribution < -0.4 is 5.32 Å². The van der Waals surface area contributed by atoms with Crippen LogP contribution in [-0.4, -0.2) is 26.6 Å². The normalized spacial score (nSPS) is 10.3. The molecule has 0 spiro atoms. The van der Waals surface area contributed by atoms with Crippen LogP contribution in [0, 0.1) is 0 Å². The Morgan fingerprint density at radius 2 is 2.20 bits per heavy atom. The first kappa shape index (κ1) is 14.4. The summed E-state index contributed by atoms with van der Waals surface area (Å²) in [5.41, 5.74) is 1.02. The number of carbonyl (C=O) groups excluding carboxylic acids is 1. The van der Waals surface area contributed by atoms with Crippen LogP contribution in [0.25, 0.3) is 0 Å². The van der Waals surface area contributed by atoms with E-state index >= 15 is 0 Å². The highest BCUT2D eigenvalue weighted by Crippen LogP contribution is 2.24. The molecule has 20 heavy (non-hydrogen) atoms. The first-order chi connectivity index (χ1) is 9.52. The molecule has 0 aliphatic rings. The number of nitrogens with zero attached hydrogens (tertiary/aromatic N) is 2. The zero-order chi connectivity index (χ0) is 14.7. The number of aryl methyl sites for hydroxylation is 1. The smallest absolute Gasteiger partial charge is 0.335 e. The predicted octanol–water partition coefficient (Wildman–Crippen LogP) is 2.70. The van der Waals surface area contributed by atoms with Gasteiger partial charge in [0, 0.05) is 0 Å². The van der Waals surface area contributed by atoms with E-state index in [4.69, 9.17) is 16.7 Å². The second-order valence-electron chi connectivity index (χ2n) is 3.86. The molecule has 0 unspecified atom stereocenters. The number of carboxylic acids is 1. The predicted molar refractivity (Wildman–Crippen MR) is 75.7 cm³/mol. The van der Waals surface area contributed by atoms with Crippen molar-refractivity contribution in [1.29, 1.82) is 0 Å². The van der Waals surface area contributed by atoms with Gasteiger partial charge in [-0.15, -0.1) is 5.10 Å². The lowest BCUT2D eigenvalue weighted by Crippen LogP contribution is -2.13. The molecular weight excluding hydrogens is 302 g/mol. The zero-order valence-corrected chi connectivity index (χ0v) is 12.0. The SMILES string of the molecule is CCc1nnsc1C(=O)Nc1ccc(C(=O)O)cc1Cl. The molecule has 0 bridgehead atoms. The monoisotopic (exact) mass is 311 g/mol. The zero-order valence-electron chi connectivity index (χ0n) is 10.4. The number of hydrogen-bond donors (Lipinski definition) is 2. The summed E-state index contributed by atoms with van der Waals surface area (Å²) < 4.78 is 3.74. The average molecular weight is 312 g/mol. The number of halogens is 1. The topological polar surface area (TPSA) is 92.2 Å². The first-order valence-corrected chi connectivity index (χ1v) is 6.83. The summed E-state index contributed by atoms with van der Waals surface area (Å²) in [7, 11) is 0.